The Kier molecular flexibility index (Phi) is 12.0. The predicted molar refractivity (Wildman–Crippen MR) is 153 cm³/mol. The third-order valence-corrected chi connectivity index (χ3v) is 5.99. The van der Waals surface area contributed by atoms with Crippen molar-refractivity contribution >= 4 is 11.9 Å². The number of methoxy groups -OCH3 is 1. The monoisotopic (exact) mass is 525 g/mol. The minimum absolute atomic E-state index is 0.184. The molecule has 0 aromatic heterocycles. The van der Waals surface area contributed by atoms with Gasteiger partial charge in [0.2, 0.25) is 0 Å². The summed E-state index contributed by atoms with van der Waals surface area (Å²) in [6, 6.07) is 18.8. The lowest BCUT2D eigenvalue weighted by Gasteiger charge is -2.40. The molecule has 0 saturated carbocycles. The quantitative estimate of drug-likeness (QED) is 0.215. The summed E-state index contributed by atoms with van der Waals surface area (Å²) >= 11 is 0. The number of hydrogen-bond donors (Lipinski definition) is 0. The van der Waals surface area contributed by atoms with Gasteiger partial charge in [-0.2, -0.15) is 0 Å². The van der Waals surface area contributed by atoms with Crippen LogP contribution in [0.2, 0.25) is 0 Å². The van der Waals surface area contributed by atoms with Gasteiger partial charge in [-0.25, -0.2) is 0 Å². The first kappa shape index (κ1) is 31.5. The highest BCUT2D eigenvalue weighted by molar-refractivity contribution is 5.70. The number of carbonyl (C=O) groups excluding carboxylic acids is 2. The molecule has 6 heteroatoms. The van der Waals surface area contributed by atoms with E-state index in [4.69, 9.17) is 14.2 Å². The Bertz CT molecular complexity index is 989. The van der Waals surface area contributed by atoms with Crippen molar-refractivity contribution in [2.45, 2.75) is 91.6 Å². The Labute approximate surface area is 229 Å². The first-order valence-electron chi connectivity index (χ1n) is 13.7. The van der Waals surface area contributed by atoms with Gasteiger partial charge < -0.3 is 14.2 Å². The molecule has 0 spiro atoms. The second kappa shape index (κ2) is 14.5. The summed E-state index contributed by atoms with van der Waals surface area (Å²) in [6.45, 7) is 15.0. The number of carbonyl (C=O) groups is 2. The maximum absolute atomic E-state index is 13.1. The Morgan fingerprint density at radius 3 is 1.95 bits per heavy atom. The third kappa shape index (κ3) is 11.4. The van der Waals surface area contributed by atoms with E-state index >= 15 is 0 Å². The Balaban J connectivity index is 2.41. The van der Waals surface area contributed by atoms with Crippen LogP contribution >= 0.6 is 0 Å². The van der Waals surface area contributed by atoms with Crippen LogP contribution in [0.1, 0.15) is 73.3 Å². The Hall–Kier alpha value is -2.70. The van der Waals surface area contributed by atoms with Crippen LogP contribution in [-0.2, 0) is 30.2 Å². The molecule has 1 unspecified atom stereocenters. The van der Waals surface area contributed by atoms with Crippen LogP contribution in [0.3, 0.4) is 0 Å². The first-order chi connectivity index (χ1) is 17.8. The van der Waals surface area contributed by atoms with Crippen LogP contribution in [0, 0.1) is 5.92 Å². The molecule has 0 bridgehead atoms. The average Bonchev–Trinajstić information content (AvgIpc) is 2.84. The van der Waals surface area contributed by atoms with Gasteiger partial charge in [-0.15, -0.1) is 0 Å². The predicted octanol–water partition coefficient (Wildman–Crippen LogP) is 6.66. The fraction of sp³-hybridized carbons (Fsp3) is 0.562. The number of ether oxygens (including phenoxy) is 3. The van der Waals surface area contributed by atoms with Crippen LogP contribution in [0.5, 0.6) is 0 Å². The molecule has 0 N–H and O–H groups in total. The lowest BCUT2D eigenvalue weighted by molar-refractivity contribution is -0.175. The maximum atomic E-state index is 13.1. The number of hydrogen-bond acceptors (Lipinski definition) is 6. The van der Waals surface area contributed by atoms with Crippen molar-refractivity contribution in [3.05, 3.63) is 60.2 Å². The summed E-state index contributed by atoms with van der Waals surface area (Å²) in [5.41, 5.74) is 2.39. The van der Waals surface area contributed by atoms with E-state index in [-0.39, 0.29) is 36.9 Å². The number of benzene rings is 2. The molecule has 0 aliphatic carbocycles. The van der Waals surface area contributed by atoms with Gasteiger partial charge >= 0.3 is 11.9 Å². The molecule has 2 atom stereocenters. The number of rotatable bonds is 13. The van der Waals surface area contributed by atoms with E-state index in [1.54, 1.807) is 0 Å². The molecule has 0 amide bonds. The van der Waals surface area contributed by atoms with Crippen molar-refractivity contribution in [1.82, 2.24) is 4.90 Å². The van der Waals surface area contributed by atoms with Gasteiger partial charge in [0.15, 0.2) is 0 Å². The molecule has 2 aromatic rings. The normalized spacial score (nSPS) is 13.7. The summed E-state index contributed by atoms with van der Waals surface area (Å²) in [7, 11) is 1.40. The molecule has 0 aliphatic rings. The van der Waals surface area contributed by atoms with E-state index in [2.05, 4.69) is 48.2 Å². The van der Waals surface area contributed by atoms with Crippen molar-refractivity contribution in [3.63, 3.8) is 0 Å². The van der Waals surface area contributed by atoms with Gasteiger partial charge in [0.25, 0.3) is 0 Å². The highest BCUT2D eigenvalue weighted by Crippen LogP contribution is 2.29. The van der Waals surface area contributed by atoms with Gasteiger partial charge in [-0.1, -0.05) is 61.5 Å². The third-order valence-electron chi connectivity index (χ3n) is 5.99. The van der Waals surface area contributed by atoms with E-state index in [0.717, 1.165) is 29.7 Å². The van der Waals surface area contributed by atoms with Crippen LogP contribution in [0.4, 0.5) is 0 Å². The van der Waals surface area contributed by atoms with Crippen LogP contribution in [0.25, 0.3) is 11.1 Å². The molecule has 0 aliphatic heterocycles. The van der Waals surface area contributed by atoms with Gasteiger partial charge in [0.1, 0.15) is 11.8 Å². The topological polar surface area (TPSA) is 65.1 Å². The molecule has 38 heavy (non-hydrogen) atoms. The van der Waals surface area contributed by atoms with Gasteiger partial charge in [-0.05, 0) is 71.1 Å². The van der Waals surface area contributed by atoms with Crippen LogP contribution in [-0.4, -0.2) is 54.5 Å². The van der Waals surface area contributed by atoms with E-state index in [1.807, 2.05) is 59.7 Å². The summed E-state index contributed by atoms with van der Waals surface area (Å²) < 4.78 is 17.3. The summed E-state index contributed by atoms with van der Waals surface area (Å²) in [5.74, 6) is -0.702. The van der Waals surface area contributed by atoms with E-state index in [0.29, 0.717) is 13.0 Å². The number of nitrogens with zero attached hydrogens (tertiary/aromatic N) is 1. The summed E-state index contributed by atoms with van der Waals surface area (Å²) in [5, 5.41) is 0. The maximum Gasteiger partial charge on any atom is 0.306 e. The highest BCUT2D eigenvalue weighted by Gasteiger charge is 2.35. The zero-order valence-electron chi connectivity index (χ0n) is 24.6. The van der Waals surface area contributed by atoms with E-state index in [9.17, 15) is 9.59 Å². The minimum atomic E-state index is -0.576. The van der Waals surface area contributed by atoms with E-state index in [1.165, 1.54) is 7.11 Å². The highest BCUT2D eigenvalue weighted by atomic mass is 16.6. The van der Waals surface area contributed by atoms with Crippen molar-refractivity contribution in [2.24, 2.45) is 5.92 Å². The summed E-state index contributed by atoms with van der Waals surface area (Å²) in [6.07, 6.45) is 1.59. The second-order valence-electron chi connectivity index (χ2n) is 11.8. The van der Waals surface area contributed by atoms with Crippen molar-refractivity contribution in [1.29, 1.82) is 0 Å². The minimum Gasteiger partial charge on any atom is -0.469 e. The number of esters is 2. The fourth-order valence-electron chi connectivity index (χ4n) is 4.46. The Morgan fingerprint density at radius 1 is 0.816 bits per heavy atom. The lowest BCUT2D eigenvalue weighted by Crippen LogP contribution is -2.49. The van der Waals surface area contributed by atoms with Crippen LogP contribution < -0.4 is 0 Å². The van der Waals surface area contributed by atoms with Crippen molar-refractivity contribution in [2.75, 3.05) is 20.2 Å². The zero-order chi connectivity index (χ0) is 28.3. The Morgan fingerprint density at radius 2 is 1.42 bits per heavy atom. The standard InChI is InChI=1S/C32H47NO5/c1-9-20-33(21-19-28(34)36-8)30(38-32(5,6)7)27(23-29(35)37-31(2,3)4)22-24-15-17-26(18-16-24)25-13-11-10-12-14-25/h10-18,27,30H,9,19-23H2,1-8H3/t27-,30?/m1/s1. The SMILES string of the molecule is CCCN(CCC(=O)OC)C(OC(C)(C)C)[C@@H](CC(=O)OC(C)(C)C)Cc1ccc(-c2ccccc2)cc1. The molecule has 2 rings (SSSR count). The molecule has 0 saturated heterocycles. The summed E-state index contributed by atoms with van der Waals surface area (Å²) in [4.78, 5) is 27.3. The molecule has 210 valence electrons. The van der Waals surface area contributed by atoms with Gasteiger partial charge in [-0.3, -0.25) is 14.5 Å². The lowest BCUT2D eigenvalue weighted by atomic mass is 9.91. The molecule has 0 heterocycles. The molecule has 6 nitrogen and oxygen atoms in total. The van der Waals surface area contributed by atoms with Crippen molar-refractivity contribution < 1.29 is 23.8 Å². The van der Waals surface area contributed by atoms with Crippen LogP contribution in [0.15, 0.2) is 54.6 Å². The molecular weight excluding hydrogens is 478 g/mol. The molecule has 0 fully saturated rings. The molecule has 0 radical (unpaired) electrons. The molecule has 2 aromatic carbocycles. The average molecular weight is 526 g/mol. The van der Waals surface area contributed by atoms with Crippen molar-refractivity contribution in [3.8, 4) is 11.1 Å². The smallest absolute Gasteiger partial charge is 0.306 e. The largest absolute Gasteiger partial charge is 0.469 e. The molecular formula is C32H47NO5. The second-order valence-corrected chi connectivity index (χ2v) is 11.8. The fourth-order valence-corrected chi connectivity index (χ4v) is 4.46. The first-order valence-corrected chi connectivity index (χ1v) is 13.7. The van der Waals surface area contributed by atoms with Gasteiger partial charge in [0, 0.05) is 19.0 Å². The van der Waals surface area contributed by atoms with E-state index < -0.39 is 11.2 Å². The zero-order valence-corrected chi connectivity index (χ0v) is 24.6. The van der Waals surface area contributed by atoms with Gasteiger partial charge in [0.05, 0.1) is 25.6 Å².